The summed E-state index contributed by atoms with van der Waals surface area (Å²) in [6, 6.07) is 7.12. The second-order valence-corrected chi connectivity index (χ2v) is 5.68. The lowest BCUT2D eigenvalue weighted by Crippen LogP contribution is -2.48. The fraction of sp³-hybridized carbons (Fsp3) is 0.500. The summed E-state index contributed by atoms with van der Waals surface area (Å²) in [5.74, 6) is 0.482. The van der Waals surface area contributed by atoms with E-state index in [2.05, 4.69) is 10.6 Å². The number of amides is 3. The van der Waals surface area contributed by atoms with Crippen LogP contribution in [-0.4, -0.2) is 43.1 Å². The van der Waals surface area contributed by atoms with Crippen LogP contribution in [0.15, 0.2) is 24.3 Å². The van der Waals surface area contributed by atoms with Crippen molar-refractivity contribution in [2.75, 3.05) is 14.2 Å². The number of carbonyl (C=O) groups excluding carboxylic acids is 2. The number of ether oxygens (including phenoxy) is 1. The van der Waals surface area contributed by atoms with Gasteiger partial charge < -0.3 is 10.1 Å². The zero-order valence-electron chi connectivity index (χ0n) is 13.3. The number of urea groups is 1. The van der Waals surface area contributed by atoms with Crippen molar-refractivity contribution >= 4 is 11.9 Å². The first-order valence-electron chi connectivity index (χ1n) is 7.44. The van der Waals surface area contributed by atoms with Crippen LogP contribution in [0.25, 0.3) is 0 Å². The highest BCUT2D eigenvalue weighted by molar-refractivity contribution is 5.96. The summed E-state index contributed by atoms with van der Waals surface area (Å²) in [6.45, 7) is 2.37. The van der Waals surface area contributed by atoms with Gasteiger partial charge >= 0.3 is 6.03 Å². The van der Waals surface area contributed by atoms with Crippen LogP contribution < -0.4 is 15.4 Å². The molecule has 0 aliphatic heterocycles. The number of imide groups is 1. The topological polar surface area (TPSA) is 70.7 Å². The molecule has 1 fully saturated rings. The van der Waals surface area contributed by atoms with Gasteiger partial charge in [-0.25, -0.2) is 4.79 Å². The SMILES string of the molecule is COc1cccc(CN(C)C(C)C(=O)NC(=O)NC2CC2)c1. The molecule has 120 valence electrons. The summed E-state index contributed by atoms with van der Waals surface area (Å²) in [5, 5.41) is 5.12. The van der Waals surface area contributed by atoms with Gasteiger partial charge in [-0.1, -0.05) is 12.1 Å². The molecule has 1 atom stereocenters. The predicted molar refractivity (Wildman–Crippen MR) is 83.6 cm³/mol. The molecule has 0 bridgehead atoms. The molecule has 0 radical (unpaired) electrons. The first-order valence-corrected chi connectivity index (χ1v) is 7.44. The van der Waals surface area contributed by atoms with Crippen molar-refractivity contribution in [2.45, 2.75) is 38.4 Å². The highest BCUT2D eigenvalue weighted by Gasteiger charge is 2.25. The van der Waals surface area contributed by atoms with Crippen molar-refractivity contribution in [2.24, 2.45) is 0 Å². The van der Waals surface area contributed by atoms with Crippen LogP contribution in [0.5, 0.6) is 5.75 Å². The second kappa shape index (κ2) is 7.26. The molecule has 0 heterocycles. The van der Waals surface area contributed by atoms with Gasteiger partial charge in [0.05, 0.1) is 13.2 Å². The number of hydrogen-bond donors (Lipinski definition) is 2. The fourth-order valence-electron chi connectivity index (χ4n) is 2.06. The molecule has 1 unspecified atom stereocenters. The largest absolute Gasteiger partial charge is 0.497 e. The third-order valence-corrected chi connectivity index (χ3v) is 3.76. The van der Waals surface area contributed by atoms with E-state index in [4.69, 9.17) is 4.74 Å². The third-order valence-electron chi connectivity index (χ3n) is 3.76. The summed E-state index contributed by atoms with van der Waals surface area (Å²) < 4.78 is 5.19. The molecule has 1 aromatic rings. The molecule has 2 rings (SSSR count). The Morgan fingerprint density at radius 1 is 1.41 bits per heavy atom. The highest BCUT2D eigenvalue weighted by atomic mass is 16.5. The fourth-order valence-corrected chi connectivity index (χ4v) is 2.06. The lowest BCUT2D eigenvalue weighted by atomic mass is 10.2. The van der Waals surface area contributed by atoms with E-state index in [1.165, 1.54) is 0 Å². The van der Waals surface area contributed by atoms with E-state index in [-0.39, 0.29) is 11.9 Å². The maximum absolute atomic E-state index is 12.1. The van der Waals surface area contributed by atoms with Crippen LogP contribution in [0.4, 0.5) is 4.79 Å². The van der Waals surface area contributed by atoms with Crippen LogP contribution in [0, 0.1) is 0 Å². The van der Waals surface area contributed by atoms with E-state index in [0.29, 0.717) is 6.54 Å². The van der Waals surface area contributed by atoms with Crippen LogP contribution in [0.2, 0.25) is 0 Å². The molecule has 0 saturated heterocycles. The molecule has 3 amide bonds. The molecule has 22 heavy (non-hydrogen) atoms. The molecule has 6 nitrogen and oxygen atoms in total. The minimum absolute atomic E-state index is 0.234. The first kappa shape index (κ1) is 16.3. The Morgan fingerprint density at radius 3 is 2.77 bits per heavy atom. The van der Waals surface area contributed by atoms with Crippen molar-refractivity contribution in [3.8, 4) is 5.75 Å². The van der Waals surface area contributed by atoms with Crippen molar-refractivity contribution in [3.63, 3.8) is 0 Å². The number of hydrogen-bond acceptors (Lipinski definition) is 4. The molecule has 0 aromatic heterocycles. The maximum Gasteiger partial charge on any atom is 0.321 e. The van der Waals surface area contributed by atoms with Crippen LogP contribution in [0.3, 0.4) is 0 Å². The van der Waals surface area contributed by atoms with Gasteiger partial charge in [-0.05, 0) is 44.5 Å². The van der Waals surface area contributed by atoms with Gasteiger partial charge in [0.1, 0.15) is 5.75 Å². The van der Waals surface area contributed by atoms with Gasteiger partial charge in [-0.2, -0.15) is 0 Å². The van der Waals surface area contributed by atoms with Gasteiger partial charge in [0.25, 0.3) is 0 Å². The Morgan fingerprint density at radius 2 is 2.14 bits per heavy atom. The minimum Gasteiger partial charge on any atom is -0.497 e. The van der Waals surface area contributed by atoms with E-state index < -0.39 is 12.1 Å². The van der Waals surface area contributed by atoms with Crippen molar-refractivity contribution in [1.82, 2.24) is 15.5 Å². The Labute approximate surface area is 130 Å². The number of methoxy groups -OCH3 is 1. The quantitative estimate of drug-likeness (QED) is 0.835. The molecule has 0 spiro atoms. The molecular weight excluding hydrogens is 282 g/mol. The molecular formula is C16H23N3O3. The van der Waals surface area contributed by atoms with E-state index in [9.17, 15) is 9.59 Å². The number of carbonyl (C=O) groups is 2. The zero-order valence-corrected chi connectivity index (χ0v) is 13.3. The third kappa shape index (κ3) is 4.73. The maximum atomic E-state index is 12.1. The van der Waals surface area contributed by atoms with Crippen LogP contribution in [0.1, 0.15) is 25.3 Å². The van der Waals surface area contributed by atoms with E-state index in [1.54, 1.807) is 14.0 Å². The molecule has 6 heteroatoms. The van der Waals surface area contributed by atoms with Crippen molar-refractivity contribution in [3.05, 3.63) is 29.8 Å². The monoisotopic (exact) mass is 305 g/mol. The molecule has 1 aromatic carbocycles. The van der Waals surface area contributed by atoms with Crippen molar-refractivity contribution in [1.29, 1.82) is 0 Å². The number of benzene rings is 1. The van der Waals surface area contributed by atoms with Crippen LogP contribution >= 0.6 is 0 Å². The number of nitrogens with one attached hydrogen (secondary N) is 2. The predicted octanol–water partition coefficient (Wildman–Crippen LogP) is 1.50. The first-order chi connectivity index (χ1) is 10.5. The minimum atomic E-state index is -0.408. The highest BCUT2D eigenvalue weighted by Crippen LogP contribution is 2.18. The van der Waals surface area contributed by atoms with Gasteiger partial charge in [-0.15, -0.1) is 0 Å². The standard InChI is InChI=1S/C16H23N3O3/c1-11(15(20)18-16(21)17-13-7-8-13)19(2)10-12-5-4-6-14(9-12)22-3/h4-6,9,11,13H,7-8,10H2,1-3H3,(H2,17,18,20,21). The lowest BCUT2D eigenvalue weighted by molar-refractivity contribution is -0.124. The number of likely N-dealkylation sites (N-methyl/N-ethyl adjacent to an activating group) is 1. The van der Waals surface area contributed by atoms with Gasteiger partial charge in [-0.3, -0.25) is 15.0 Å². The smallest absolute Gasteiger partial charge is 0.321 e. The summed E-state index contributed by atoms with van der Waals surface area (Å²) >= 11 is 0. The molecule has 1 aliphatic rings. The average molecular weight is 305 g/mol. The zero-order chi connectivity index (χ0) is 16.1. The Kier molecular flexibility index (Phi) is 5.38. The summed E-state index contributed by atoms with van der Waals surface area (Å²) in [7, 11) is 3.47. The normalized spacial score (nSPS) is 15.3. The Hall–Kier alpha value is -2.08. The summed E-state index contributed by atoms with van der Waals surface area (Å²) in [6.07, 6.45) is 1.99. The Balaban J connectivity index is 1.85. The van der Waals surface area contributed by atoms with E-state index in [0.717, 1.165) is 24.2 Å². The lowest BCUT2D eigenvalue weighted by Gasteiger charge is -2.23. The van der Waals surface area contributed by atoms with E-state index in [1.807, 2.05) is 36.2 Å². The molecule has 1 aliphatic carbocycles. The van der Waals surface area contributed by atoms with Gasteiger partial charge in [0.15, 0.2) is 0 Å². The second-order valence-electron chi connectivity index (χ2n) is 5.68. The number of nitrogens with zero attached hydrogens (tertiary/aromatic N) is 1. The number of rotatable bonds is 6. The molecule has 2 N–H and O–H groups in total. The van der Waals surface area contributed by atoms with Gasteiger partial charge in [0.2, 0.25) is 5.91 Å². The summed E-state index contributed by atoms with van der Waals surface area (Å²) in [4.78, 5) is 25.5. The Bertz CT molecular complexity index is 543. The molecule has 1 saturated carbocycles. The average Bonchev–Trinajstić information content (AvgIpc) is 3.30. The van der Waals surface area contributed by atoms with Crippen LogP contribution in [-0.2, 0) is 11.3 Å². The van der Waals surface area contributed by atoms with Gasteiger partial charge in [0, 0.05) is 12.6 Å². The summed E-state index contributed by atoms with van der Waals surface area (Å²) in [5.41, 5.74) is 1.05. The van der Waals surface area contributed by atoms with Crippen molar-refractivity contribution < 1.29 is 14.3 Å². The van der Waals surface area contributed by atoms with E-state index >= 15 is 0 Å².